The molecule has 2 rings (SSSR count). The molecule has 1 aliphatic carbocycles. The number of hydrogen-bond acceptors (Lipinski definition) is 3. The Kier molecular flexibility index (Phi) is 2.50. The molecule has 3 heteroatoms. The Labute approximate surface area is 85.9 Å². The first-order valence-electron chi connectivity index (χ1n) is 5.53. The van der Waals surface area contributed by atoms with Gasteiger partial charge in [0.25, 0.3) is 0 Å². The second-order valence-corrected chi connectivity index (χ2v) is 5.14. The van der Waals surface area contributed by atoms with Crippen LogP contribution in [0.15, 0.2) is 0 Å². The lowest BCUT2D eigenvalue weighted by atomic mass is 9.77. The van der Waals surface area contributed by atoms with Crippen molar-refractivity contribution >= 4 is 0 Å². The molecule has 1 saturated heterocycles. The summed E-state index contributed by atoms with van der Waals surface area (Å²) in [6.45, 7) is 5.30. The first-order chi connectivity index (χ1) is 6.61. The van der Waals surface area contributed by atoms with Crippen LogP contribution in [0, 0.1) is 23.2 Å². The van der Waals surface area contributed by atoms with E-state index in [1.54, 1.807) is 0 Å². The predicted octanol–water partition coefficient (Wildman–Crippen LogP) is 0.959. The molecule has 2 N–H and O–H groups in total. The van der Waals surface area contributed by atoms with Crippen molar-refractivity contribution in [2.45, 2.75) is 31.7 Å². The molecule has 1 saturated carbocycles. The highest BCUT2D eigenvalue weighted by atomic mass is 15.2. The monoisotopic (exact) mass is 193 g/mol. The highest BCUT2D eigenvalue weighted by molar-refractivity contribution is 5.02. The van der Waals surface area contributed by atoms with Crippen LogP contribution in [0.5, 0.6) is 0 Å². The number of rotatable bonds is 3. The van der Waals surface area contributed by atoms with Crippen LogP contribution >= 0.6 is 0 Å². The lowest BCUT2D eigenvalue weighted by molar-refractivity contribution is 0.243. The Balaban J connectivity index is 1.74. The number of hydrogen-bond donors (Lipinski definition) is 1. The maximum Gasteiger partial charge on any atom is 0.102 e. The molecule has 0 aromatic carbocycles. The third-order valence-corrected chi connectivity index (χ3v) is 3.76. The van der Waals surface area contributed by atoms with Crippen molar-refractivity contribution in [2.75, 3.05) is 19.6 Å². The van der Waals surface area contributed by atoms with E-state index in [9.17, 15) is 0 Å². The molecule has 2 fully saturated rings. The SMILES string of the molecule is CC(N)(C#N)CCN1CC2CCC2C1. The van der Waals surface area contributed by atoms with E-state index in [1.165, 1.54) is 25.9 Å². The molecule has 3 unspecified atom stereocenters. The molecule has 1 heterocycles. The van der Waals surface area contributed by atoms with E-state index in [0.717, 1.165) is 24.8 Å². The Morgan fingerprint density at radius 2 is 2.00 bits per heavy atom. The van der Waals surface area contributed by atoms with E-state index in [1.807, 2.05) is 6.92 Å². The summed E-state index contributed by atoms with van der Waals surface area (Å²) >= 11 is 0. The van der Waals surface area contributed by atoms with Gasteiger partial charge in [-0.25, -0.2) is 0 Å². The molecule has 1 aliphatic heterocycles. The summed E-state index contributed by atoms with van der Waals surface area (Å²) in [5.41, 5.74) is 5.15. The van der Waals surface area contributed by atoms with Gasteiger partial charge in [-0.1, -0.05) is 0 Å². The number of nitriles is 1. The summed E-state index contributed by atoms with van der Waals surface area (Å²) in [7, 11) is 0. The smallest absolute Gasteiger partial charge is 0.102 e. The molecule has 14 heavy (non-hydrogen) atoms. The summed E-state index contributed by atoms with van der Waals surface area (Å²) in [6.07, 6.45) is 3.63. The zero-order valence-electron chi connectivity index (χ0n) is 8.87. The van der Waals surface area contributed by atoms with Crippen LogP contribution in [-0.2, 0) is 0 Å². The van der Waals surface area contributed by atoms with E-state index >= 15 is 0 Å². The van der Waals surface area contributed by atoms with Gasteiger partial charge in [-0.05, 0) is 38.0 Å². The molecular weight excluding hydrogens is 174 g/mol. The van der Waals surface area contributed by atoms with Crippen LogP contribution in [0.3, 0.4) is 0 Å². The lowest BCUT2D eigenvalue weighted by Crippen LogP contribution is -2.38. The van der Waals surface area contributed by atoms with Crippen LogP contribution < -0.4 is 5.73 Å². The normalized spacial score (nSPS) is 35.5. The van der Waals surface area contributed by atoms with Crippen LogP contribution in [-0.4, -0.2) is 30.1 Å². The van der Waals surface area contributed by atoms with Gasteiger partial charge in [0, 0.05) is 19.6 Å². The fourth-order valence-electron chi connectivity index (χ4n) is 2.49. The predicted molar refractivity (Wildman–Crippen MR) is 55.5 cm³/mol. The van der Waals surface area contributed by atoms with E-state index < -0.39 is 5.54 Å². The highest BCUT2D eigenvalue weighted by Gasteiger charge is 2.39. The highest BCUT2D eigenvalue weighted by Crippen LogP contribution is 2.40. The van der Waals surface area contributed by atoms with Gasteiger partial charge in [0.2, 0.25) is 0 Å². The van der Waals surface area contributed by atoms with E-state index in [2.05, 4.69) is 11.0 Å². The van der Waals surface area contributed by atoms with Gasteiger partial charge in [0.15, 0.2) is 0 Å². The van der Waals surface area contributed by atoms with Gasteiger partial charge in [-0.2, -0.15) is 5.26 Å². The number of likely N-dealkylation sites (tertiary alicyclic amines) is 1. The van der Waals surface area contributed by atoms with Gasteiger partial charge < -0.3 is 10.6 Å². The topological polar surface area (TPSA) is 53.1 Å². The van der Waals surface area contributed by atoms with Crippen LogP contribution in [0.1, 0.15) is 26.2 Å². The average Bonchev–Trinajstić information content (AvgIpc) is 2.40. The Morgan fingerprint density at radius 3 is 2.43 bits per heavy atom. The molecule has 3 atom stereocenters. The van der Waals surface area contributed by atoms with Crippen LogP contribution in [0.25, 0.3) is 0 Å². The number of fused-ring (bicyclic) bond motifs is 1. The minimum absolute atomic E-state index is 0.637. The van der Waals surface area contributed by atoms with Crippen molar-refractivity contribution in [3.8, 4) is 6.07 Å². The van der Waals surface area contributed by atoms with Gasteiger partial charge in [-0.3, -0.25) is 0 Å². The molecule has 0 radical (unpaired) electrons. The van der Waals surface area contributed by atoms with Crippen molar-refractivity contribution in [1.29, 1.82) is 5.26 Å². The van der Waals surface area contributed by atoms with E-state index in [0.29, 0.717) is 0 Å². The fraction of sp³-hybridized carbons (Fsp3) is 0.909. The van der Waals surface area contributed by atoms with Gasteiger partial charge >= 0.3 is 0 Å². The van der Waals surface area contributed by atoms with Gasteiger partial charge in [0.1, 0.15) is 5.54 Å². The fourth-order valence-corrected chi connectivity index (χ4v) is 2.49. The zero-order chi connectivity index (χ0) is 10.2. The van der Waals surface area contributed by atoms with E-state index in [4.69, 9.17) is 11.0 Å². The third-order valence-electron chi connectivity index (χ3n) is 3.76. The summed E-state index contributed by atoms with van der Waals surface area (Å²) in [6, 6.07) is 2.15. The van der Waals surface area contributed by atoms with Crippen molar-refractivity contribution < 1.29 is 0 Å². The summed E-state index contributed by atoms with van der Waals surface area (Å²) in [5.74, 6) is 1.92. The molecule has 3 nitrogen and oxygen atoms in total. The minimum atomic E-state index is -0.637. The quantitative estimate of drug-likeness (QED) is 0.726. The standard InChI is InChI=1S/C11H19N3/c1-11(13,8-12)4-5-14-6-9-2-3-10(9)7-14/h9-10H,2-7,13H2,1H3. The molecule has 0 aromatic rings. The van der Waals surface area contributed by atoms with Crippen molar-refractivity contribution in [3.63, 3.8) is 0 Å². The largest absolute Gasteiger partial charge is 0.314 e. The third kappa shape index (κ3) is 1.92. The Bertz CT molecular complexity index is 242. The molecule has 0 amide bonds. The second-order valence-electron chi connectivity index (χ2n) is 5.14. The molecule has 0 spiro atoms. The average molecular weight is 193 g/mol. The first kappa shape index (κ1) is 9.95. The molecule has 0 aromatic heterocycles. The van der Waals surface area contributed by atoms with Crippen LogP contribution in [0.4, 0.5) is 0 Å². The molecule has 78 valence electrons. The Hall–Kier alpha value is -0.590. The minimum Gasteiger partial charge on any atom is -0.314 e. The van der Waals surface area contributed by atoms with Crippen molar-refractivity contribution in [2.24, 2.45) is 17.6 Å². The van der Waals surface area contributed by atoms with Crippen molar-refractivity contribution in [1.82, 2.24) is 4.90 Å². The maximum atomic E-state index is 8.79. The summed E-state index contributed by atoms with van der Waals surface area (Å²) in [4.78, 5) is 2.48. The van der Waals surface area contributed by atoms with Gasteiger partial charge in [0.05, 0.1) is 6.07 Å². The number of nitrogens with two attached hydrogens (primary N) is 1. The maximum absolute atomic E-state index is 8.79. The Morgan fingerprint density at radius 1 is 1.43 bits per heavy atom. The summed E-state index contributed by atoms with van der Waals surface area (Å²) in [5, 5.41) is 8.79. The molecule has 0 bridgehead atoms. The van der Waals surface area contributed by atoms with Crippen LogP contribution in [0.2, 0.25) is 0 Å². The van der Waals surface area contributed by atoms with E-state index in [-0.39, 0.29) is 0 Å². The molecular formula is C11H19N3. The zero-order valence-corrected chi connectivity index (χ0v) is 8.87. The van der Waals surface area contributed by atoms with Crippen molar-refractivity contribution in [3.05, 3.63) is 0 Å². The second kappa shape index (κ2) is 3.52. The summed E-state index contributed by atoms with van der Waals surface area (Å²) < 4.78 is 0. The number of nitrogens with zero attached hydrogens (tertiary/aromatic N) is 2. The first-order valence-corrected chi connectivity index (χ1v) is 5.53. The van der Waals surface area contributed by atoms with Gasteiger partial charge in [-0.15, -0.1) is 0 Å². The lowest BCUT2D eigenvalue weighted by Gasteiger charge is -2.28. The molecule has 2 aliphatic rings.